The highest BCUT2D eigenvalue weighted by Gasteiger charge is 2.28. The van der Waals surface area contributed by atoms with Crippen LogP contribution < -0.4 is 14.4 Å². The second kappa shape index (κ2) is 5.82. The predicted molar refractivity (Wildman–Crippen MR) is 82.7 cm³/mol. The van der Waals surface area contributed by atoms with E-state index in [1.807, 2.05) is 6.92 Å². The highest BCUT2D eigenvalue weighted by molar-refractivity contribution is 5.38. The Bertz CT molecular complexity index is 648. The van der Waals surface area contributed by atoms with Crippen LogP contribution in [-0.4, -0.2) is 47.1 Å². The molecule has 22 heavy (non-hydrogen) atoms. The van der Waals surface area contributed by atoms with Crippen molar-refractivity contribution in [1.29, 1.82) is 0 Å². The third-order valence-corrected chi connectivity index (χ3v) is 3.92. The van der Waals surface area contributed by atoms with Crippen molar-refractivity contribution in [2.75, 3.05) is 32.2 Å². The number of hydrogen-bond donors (Lipinski definition) is 0. The minimum atomic E-state index is 0.342. The third kappa shape index (κ3) is 2.70. The third-order valence-electron chi connectivity index (χ3n) is 3.92. The minimum absolute atomic E-state index is 0.342. The SMILES string of the molecule is COc1cc(OC)nc(N2CCC(n3nc(C)cc3C)C2)n1. The molecule has 1 saturated heterocycles. The van der Waals surface area contributed by atoms with Crippen LogP contribution in [0, 0.1) is 13.8 Å². The molecule has 7 heteroatoms. The predicted octanol–water partition coefficient (Wildman–Crippen LogP) is 1.76. The van der Waals surface area contributed by atoms with Gasteiger partial charge < -0.3 is 14.4 Å². The maximum Gasteiger partial charge on any atom is 0.232 e. The molecule has 1 aliphatic heterocycles. The van der Waals surface area contributed by atoms with Gasteiger partial charge in [0.2, 0.25) is 17.7 Å². The summed E-state index contributed by atoms with van der Waals surface area (Å²) < 4.78 is 12.5. The van der Waals surface area contributed by atoms with Gasteiger partial charge in [0.25, 0.3) is 0 Å². The van der Waals surface area contributed by atoms with Crippen molar-refractivity contribution in [2.45, 2.75) is 26.3 Å². The maximum absolute atomic E-state index is 5.22. The van der Waals surface area contributed by atoms with Gasteiger partial charge in [-0.25, -0.2) is 0 Å². The second-order valence-corrected chi connectivity index (χ2v) is 5.51. The van der Waals surface area contributed by atoms with Crippen LogP contribution in [0.25, 0.3) is 0 Å². The smallest absolute Gasteiger partial charge is 0.232 e. The van der Waals surface area contributed by atoms with Crippen molar-refractivity contribution >= 4 is 5.95 Å². The van der Waals surface area contributed by atoms with E-state index in [-0.39, 0.29) is 0 Å². The first-order valence-corrected chi connectivity index (χ1v) is 7.35. The van der Waals surface area contributed by atoms with Crippen LogP contribution in [-0.2, 0) is 0 Å². The highest BCUT2D eigenvalue weighted by Crippen LogP contribution is 2.28. The van der Waals surface area contributed by atoms with Gasteiger partial charge in [0.05, 0.1) is 32.0 Å². The summed E-state index contributed by atoms with van der Waals surface area (Å²) in [7, 11) is 3.18. The van der Waals surface area contributed by atoms with E-state index in [9.17, 15) is 0 Å². The first kappa shape index (κ1) is 14.6. The number of aromatic nitrogens is 4. The Morgan fingerprint density at radius 2 is 1.77 bits per heavy atom. The average molecular weight is 303 g/mol. The summed E-state index contributed by atoms with van der Waals surface area (Å²) in [6, 6.07) is 4.13. The van der Waals surface area contributed by atoms with Gasteiger partial charge in [-0.05, 0) is 26.3 Å². The Balaban J connectivity index is 1.82. The Hall–Kier alpha value is -2.31. The van der Waals surface area contributed by atoms with Gasteiger partial charge in [0, 0.05) is 18.8 Å². The topological polar surface area (TPSA) is 65.3 Å². The molecule has 0 amide bonds. The van der Waals surface area contributed by atoms with Gasteiger partial charge in [0.15, 0.2) is 0 Å². The van der Waals surface area contributed by atoms with Crippen LogP contribution in [0.1, 0.15) is 23.9 Å². The van der Waals surface area contributed by atoms with E-state index in [1.54, 1.807) is 20.3 Å². The van der Waals surface area contributed by atoms with E-state index >= 15 is 0 Å². The molecule has 0 spiro atoms. The van der Waals surface area contributed by atoms with Gasteiger partial charge in [-0.15, -0.1) is 0 Å². The summed E-state index contributed by atoms with van der Waals surface area (Å²) in [4.78, 5) is 11.0. The fraction of sp³-hybridized carbons (Fsp3) is 0.533. The monoisotopic (exact) mass is 303 g/mol. The van der Waals surface area contributed by atoms with Crippen molar-refractivity contribution in [2.24, 2.45) is 0 Å². The van der Waals surface area contributed by atoms with Crippen molar-refractivity contribution in [3.8, 4) is 11.8 Å². The first-order chi connectivity index (χ1) is 10.6. The van der Waals surface area contributed by atoms with Gasteiger partial charge >= 0.3 is 0 Å². The molecule has 1 unspecified atom stereocenters. The van der Waals surface area contributed by atoms with Gasteiger partial charge in [-0.2, -0.15) is 15.1 Å². The van der Waals surface area contributed by atoms with Crippen molar-refractivity contribution < 1.29 is 9.47 Å². The summed E-state index contributed by atoms with van der Waals surface area (Å²) in [6.07, 6.45) is 1.02. The molecule has 7 nitrogen and oxygen atoms in total. The molecular weight excluding hydrogens is 282 g/mol. The van der Waals surface area contributed by atoms with Crippen molar-refractivity contribution in [3.63, 3.8) is 0 Å². The standard InChI is InChI=1S/C15H21N5O2/c1-10-7-11(2)20(18-10)12-5-6-19(9-12)15-16-13(21-3)8-14(17-15)22-4/h7-8,12H,5-6,9H2,1-4H3. The lowest BCUT2D eigenvalue weighted by atomic mass is 10.2. The van der Waals surface area contributed by atoms with Crippen LogP contribution in [0.4, 0.5) is 5.95 Å². The second-order valence-electron chi connectivity index (χ2n) is 5.51. The molecule has 0 aliphatic carbocycles. The Labute approximate surface area is 129 Å². The Kier molecular flexibility index (Phi) is 3.87. The average Bonchev–Trinajstić information content (AvgIpc) is 3.13. The van der Waals surface area contributed by atoms with E-state index in [0.717, 1.165) is 25.2 Å². The fourth-order valence-electron chi connectivity index (χ4n) is 2.88. The molecule has 2 aromatic rings. The molecule has 1 atom stereocenters. The lowest BCUT2D eigenvalue weighted by Gasteiger charge is -2.18. The van der Waals surface area contributed by atoms with Crippen LogP contribution in [0.15, 0.2) is 12.1 Å². The minimum Gasteiger partial charge on any atom is -0.481 e. The fourth-order valence-corrected chi connectivity index (χ4v) is 2.88. The molecule has 2 aromatic heterocycles. The molecule has 1 fully saturated rings. The van der Waals surface area contributed by atoms with E-state index in [1.165, 1.54) is 5.69 Å². The molecule has 118 valence electrons. The van der Waals surface area contributed by atoms with E-state index < -0.39 is 0 Å². The number of methoxy groups -OCH3 is 2. The van der Waals surface area contributed by atoms with Crippen LogP contribution in [0.2, 0.25) is 0 Å². The van der Waals surface area contributed by atoms with Gasteiger partial charge in [-0.1, -0.05) is 0 Å². The number of nitrogens with zero attached hydrogens (tertiary/aromatic N) is 5. The summed E-state index contributed by atoms with van der Waals surface area (Å²) >= 11 is 0. The molecule has 0 aromatic carbocycles. The highest BCUT2D eigenvalue weighted by atomic mass is 16.5. The van der Waals surface area contributed by atoms with E-state index in [0.29, 0.717) is 23.8 Å². The number of ether oxygens (including phenoxy) is 2. The van der Waals surface area contributed by atoms with Gasteiger partial charge in [0.1, 0.15) is 0 Å². The molecule has 0 N–H and O–H groups in total. The number of anilines is 1. The number of hydrogen-bond acceptors (Lipinski definition) is 6. The molecular formula is C15H21N5O2. The number of rotatable bonds is 4. The maximum atomic E-state index is 5.22. The Morgan fingerprint density at radius 3 is 2.32 bits per heavy atom. The molecule has 3 heterocycles. The normalized spacial score (nSPS) is 17.8. The van der Waals surface area contributed by atoms with E-state index in [2.05, 4.69) is 37.6 Å². The zero-order valence-electron chi connectivity index (χ0n) is 13.4. The van der Waals surface area contributed by atoms with Crippen molar-refractivity contribution in [3.05, 3.63) is 23.5 Å². The first-order valence-electron chi connectivity index (χ1n) is 7.35. The zero-order valence-corrected chi connectivity index (χ0v) is 13.4. The number of aryl methyl sites for hydroxylation is 2. The largest absolute Gasteiger partial charge is 0.481 e. The van der Waals surface area contributed by atoms with Crippen LogP contribution in [0.5, 0.6) is 11.8 Å². The molecule has 0 bridgehead atoms. The van der Waals surface area contributed by atoms with Crippen LogP contribution in [0.3, 0.4) is 0 Å². The van der Waals surface area contributed by atoms with E-state index in [4.69, 9.17) is 9.47 Å². The van der Waals surface area contributed by atoms with Crippen LogP contribution >= 0.6 is 0 Å². The Morgan fingerprint density at radius 1 is 1.09 bits per heavy atom. The molecule has 3 rings (SSSR count). The van der Waals surface area contributed by atoms with Crippen molar-refractivity contribution in [1.82, 2.24) is 19.7 Å². The zero-order chi connectivity index (χ0) is 15.7. The van der Waals surface area contributed by atoms with Gasteiger partial charge in [-0.3, -0.25) is 4.68 Å². The lowest BCUT2D eigenvalue weighted by molar-refractivity contribution is 0.371. The summed E-state index contributed by atoms with van der Waals surface area (Å²) in [5.41, 5.74) is 2.24. The summed E-state index contributed by atoms with van der Waals surface area (Å²) in [5.74, 6) is 1.66. The molecule has 1 aliphatic rings. The summed E-state index contributed by atoms with van der Waals surface area (Å²) in [5, 5.41) is 4.59. The molecule has 0 radical (unpaired) electrons. The quantitative estimate of drug-likeness (QED) is 0.857. The molecule has 0 saturated carbocycles. The lowest BCUT2D eigenvalue weighted by Crippen LogP contribution is -2.24. The summed E-state index contributed by atoms with van der Waals surface area (Å²) in [6.45, 7) is 5.83.